The summed E-state index contributed by atoms with van der Waals surface area (Å²) < 4.78 is 10.1. The molecule has 0 unspecified atom stereocenters. The molecule has 2 aromatic carbocycles. The molecule has 24 heavy (non-hydrogen) atoms. The van der Waals surface area contributed by atoms with Gasteiger partial charge in [0.1, 0.15) is 0 Å². The summed E-state index contributed by atoms with van der Waals surface area (Å²) in [5, 5.41) is 2.57. The van der Waals surface area contributed by atoms with Crippen LogP contribution in [0.5, 0.6) is 0 Å². The zero-order chi connectivity index (χ0) is 17.5. The fourth-order valence-electron chi connectivity index (χ4n) is 1.84. The lowest BCUT2D eigenvalue weighted by Crippen LogP contribution is -2.21. The first-order valence-electron chi connectivity index (χ1n) is 6.91. The zero-order valence-electron chi connectivity index (χ0n) is 12.7. The number of nitrogens with one attached hydrogen (secondary N) is 1. The Morgan fingerprint density at radius 1 is 1.00 bits per heavy atom. The van der Waals surface area contributed by atoms with Crippen molar-refractivity contribution in [3.8, 4) is 0 Å². The highest BCUT2D eigenvalue weighted by molar-refractivity contribution is 9.10. The molecule has 1 N–H and O–H groups in total. The van der Waals surface area contributed by atoms with E-state index in [9.17, 15) is 14.4 Å². The molecule has 0 aliphatic carbocycles. The number of hydrogen-bond donors (Lipinski definition) is 1. The predicted octanol–water partition coefficient (Wildman–Crippen LogP) is 3.03. The molecule has 0 spiro atoms. The fraction of sp³-hybridized carbons (Fsp3) is 0.118. The Morgan fingerprint density at radius 3 is 2.29 bits per heavy atom. The van der Waals surface area contributed by atoms with Crippen LogP contribution in [0, 0.1) is 0 Å². The van der Waals surface area contributed by atoms with Gasteiger partial charge in [-0.1, -0.05) is 12.1 Å². The molecule has 0 saturated carbocycles. The number of hydrogen-bond acceptors (Lipinski definition) is 5. The first-order chi connectivity index (χ1) is 11.5. The summed E-state index contributed by atoms with van der Waals surface area (Å²) in [7, 11) is 1.29. The number of carbonyl (C=O) groups is 3. The quantitative estimate of drug-likeness (QED) is 0.792. The zero-order valence-corrected chi connectivity index (χ0v) is 14.3. The average molecular weight is 392 g/mol. The van der Waals surface area contributed by atoms with Gasteiger partial charge in [0.25, 0.3) is 5.91 Å². The van der Waals surface area contributed by atoms with Gasteiger partial charge in [0.05, 0.1) is 18.2 Å². The Morgan fingerprint density at radius 2 is 1.67 bits per heavy atom. The van der Waals surface area contributed by atoms with Crippen LogP contribution >= 0.6 is 15.9 Å². The molecule has 0 bridgehead atoms. The summed E-state index contributed by atoms with van der Waals surface area (Å²) in [4.78, 5) is 35.0. The van der Waals surface area contributed by atoms with Crippen molar-refractivity contribution in [1.29, 1.82) is 0 Å². The molecule has 6 nitrogen and oxygen atoms in total. The van der Waals surface area contributed by atoms with Gasteiger partial charge < -0.3 is 14.8 Å². The molecular weight excluding hydrogens is 378 g/mol. The van der Waals surface area contributed by atoms with Crippen molar-refractivity contribution in [3.63, 3.8) is 0 Å². The predicted molar refractivity (Wildman–Crippen MR) is 90.8 cm³/mol. The maximum absolute atomic E-state index is 11.9. The first kappa shape index (κ1) is 17.7. The van der Waals surface area contributed by atoms with Gasteiger partial charge in [0.15, 0.2) is 6.61 Å². The molecule has 7 heteroatoms. The van der Waals surface area contributed by atoms with Crippen LogP contribution in [0.1, 0.15) is 20.7 Å². The number of rotatable bonds is 5. The van der Waals surface area contributed by atoms with Crippen molar-refractivity contribution in [2.45, 2.75) is 0 Å². The van der Waals surface area contributed by atoms with Crippen LogP contribution in [0.4, 0.5) is 5.69 Å². The highest BCUT2D eigenvalue weighted by Crippen LogP contribution is 2.16. The number of amides is 1. The molecular formula is C17H14BrNO5. The van der Waals surface area contributed by atoms with Crippen LogP contribution in [0.15, 0.2) is 53.0 Å². The highest BCUT2D eigenvalue weighted by Gasteiger charge is 2.13. The third-order valence-electron chi connectivity index (χ3n) is 3.02. The highest BCUT2D eigenvalue weighted by atomic mass is 79.9. The monoisotopic (exact) mass is 391 g/mol. The third-order valence-corrected chi connectivity index (χ3v) is 3.71. The first-order valence-corrected chi connectivity index (χ1v) is 7.70. The Hall–Kier alpha value is -2.67. The van der Waals surface area contributed by atoms with Crippen molar-refractivity contribution in [1.82, 2.24) is 0 Å². The molecule has 2 rings (SSSR count). The van der Waals surface area contributed by atoms with Crippen LogP contribution in [0.25, 0.3) is 0 Å². The van der Waals surface area contributed by atoms with E-state index in [1.807, 2.05) is 0 Å². The molecule has 0 saturated heterocycles. The number of anilines is 1. The Bertz CT molecular complexity index is 758. The minimum atomic E-state index is -0.598. The largest absolute Gasteiger partial charge is 0.465 e. The van der Waals surface area contributed by atoms with Gasteiger partial charge in [-0.05, 0) is 52.3 Å². The van der Waals surface area contributed by atoms with Gasteiger partial charge in [0.2, 0.25) is 0 Å². The number of methoxy groups -OCH3 is 1. The van der Waals surface area contributed by atoms with Crippen molar-refractivity contribution >= 4 is 39.5 Å². The lowest BCUT2D eigenvalue weighted by Gasteiger charge is -2.08. The number of carbonyl (C=O) groups excluding carboxylic acids is 3. The number of halogens is 1. The second-order valence-corrected chi connectivity index (χ2v) is 5.53. The molecule has 124 valence electrons. The van der Waals surface area contributed by atoms with Crippen LogP contribution in [-0.4, -0.2) is 31.6 Å². The molecule has 0 aromatic heterocycles. The Labute approximate surface area is 146 Å². The van der Waals surface area contributed by atoms with E-state index < -0.39 is 24.5 Å². The van der Waals surface area contributed by atoms with Crippen LogP contribution < -0.4 is 5.32 Å². The maximum atomic E-state index is 11.9. The van der Waals surface area contributed by atoms with Crippen LogP contribution in [-0.2, 0) is 14.3 Å². The summed E-state index contributed by atoms with van der Waals surface area (Å²) in [6.07, 6.45) is 0. The summed E-state index contributed by atoms with van der Waals surface area (Å²) in [6.45, 7) is -0.418. The Balaban J connectivity index is 1.88. The summed E-state index contributed by atoms with van der Waals surface area (Å²) in [6, 6.07) is 12.9. The van der Waals surface area contributed by atoms with E-state index in [0.29, 0.717) is 21.3 Å². The van der Waals surface area contributed by atoms with E-state index in [0.717, 1.165) is 0 Å². The molecule has 0 fully saturated rings. The average Bonchev–Trinajstić information content (AvgIpc) is 2.60. The van der Waals surface area contributed by atoms with Gasteiger partial charge in [-0.2, -0.15) is 0 Å². The molecule has 0 heterocycles. The third kappa shape index (κ3) is 4.66. The summed E-state index contributed by atoms with van der Waals surface area (Å²) in [5.74, 6) is -1.55. The van der Waals surface area contributed by atoms with Gasteiger partial charge in [-0.25, -0.2) is 9.59 Å². The van der Waals surface area contributed by atoms with E-state index in [1.54, 1.807) is 36.4 Å². The number of benzene rings is 2. The molecule has 0 aliphatic heterocycles. The van der Waals surface area contributed by atoms with E-state index in [2.05, 4.69) is 26.0 Å². The maximum Gasteiger partial charge on any atom is 0.339 e. The van der Waals surface area contributed by atoms with Gasteiger partial charge in [-0.15, -0.1) is 0 Å². The fourth-order valence-corrected chi connectivity index (χ4v) is 2.29. The summed E-state index contributed by atoms with van der Waals surface area (Å²) in [5.41, 5.74) is 1.19. The minimum absolute atomic E-state index is 0.340. The number of ether oxygens (including phenoxy) is 2. The molecule has 0 atom stereocenters. The van der Waals surface area contributed by atoms with Gasteiger partial charge in [-0.3, -0.25) is 4.79 Å². The normalized spacial score (nSPS) is 9.92. The standard InChI is InChI=1S/C17H14BrNO5/c1-23-16(21)11-6-8-12(9-7-11)19-15(20)10-24-17(22)13-4-2-3-5-14(13)18/h2-9H,10H2,1H3,(H,19,20). The Kier molecular flexibility index (Phi) is 6.08. The van der Waals surface area contributed by atoms with E-state index >= 15 is 0 Å². The molecule has 0 aliphatic rings. The van der Waals surface area contributed by atoms with Crippen molar-refractivity contribution in [2.24, 2.45) is 0 Å². The summed E-state index contributed by atoms with van der Waals surface area (Å²) >= 11 is 3.24. The van der Waals surface area contributed by atoms with E-state index in [-0.39, 0.29) is 0 Å². The molecule has 1 amide bonds. The smallest absolute Gasteiger partial charge is 0.339 e. The van der Waals surface area contributed by atoms with E-state index in [1.165, 1.54) is 19.2 Å². The van der Waals surface area contributed by atoms with Crippen LogP contribution in [0.3, 0.4) is 0 Å². The van der Waals surface area contributed by atoms with Gasteiger partial charge >= 0.3 is 11.9 Å². The lowest BCUT2D eigenvalue weighted by atomic mass is 10.2. The lowest BCUT2D eigenvalue weighted by molar-refractivity contribution is -0.119. The van der Waals surface area contributed by atoms with Crippen molar-refractivity contribution < 1.29 is 23.9 Å². The topological polar surface area (TPSA) is 81.7 Å². The van der Waals surface area contributed by atoms with Crippen molar-refractivity contribution in [2.75, 3.05) is 19.0 Å². The molecule has 2 aromatic rings. The van der Waals surface area contributed by atoms with Crippen LogP contribution in [0.2, 0.25) is 0 Å². The minimum Gasteiger partial charge on any atom is -0.465 e. The SMILES string of the molecule is COC(=O)c1ccc(NC(=O)COC(=O)c2ccccc2Br)cc1. The van der Waals surface area contributed by atoms with E-state index in [4.69, 9.17) is 4.74 Å². The number of esters is 2. The molecule has 0 radical (unpaired) electrons. The van der Waals surface area contributed by atoms with Crippen molar-refractivity contribution in [3.05, 3.63) is 64.1 Å². The van der Waals surface area contributed by atoms with Gasteiger partial charge in [0, 0.05) is 10.2 Å². The second-order valence-electron chi connectivity index (χ2n) is 4.67. The second kappa shape index (κ2) is 8.26.